The normalized spacial score (nSPS) is 14.0. The van der Waals surface area contributed by atoms with Crippen LogP contribution in [-0.2, 0) is 0 Å². The zero-order valence-corrected chi connectivity index (χ0v) is 6.02. The van der Waals surface area contributed by atoms with Gasteiger partial charge in [0.05, 0.1) is 0 Å². The number of nitrogens with two attached hydrogens (primary N) is 1. The van der Waals surface area contributed by atoms with E-state index in [-0.39, 0.29) is 0 Å². The molecule has 0 fully saturated rings. The van der Waals surface area contributed by atoms with Crippen molar-refractivity contribution in [3.63, 3.8) is 0 Å². The summed E-state index contributed by atoms with van der Waals surface area (Å²) in [5.41, 5.74) is 5.06. The summed E-state index contributed by atoms with van der Waals surface area (Å²) < 4.78 is 0. The van der Waals surface area contributed by atoms with E-state index in [0.717, 1.165) is 0 Å². The SMILES string of the molecule is BC(B)(O)C(C)(C)N. The van der Waals surface area contributed by atoms with Crippen molar-refractivity contribution in [1.82, 2.24) is 0 Å². The molecule has 4 heteroatoms. The predicted molar refractivity (Wildman–Crippen MR) is 40.3 cm³/mol. The molecule has 3 N–H and O–H groups in total. The molecular formula is C4H13B2NO. The molecule has 0 aliphatic rings. The fourth-order valence-electron chi connectivity index (χ4n) is 0. The highest BCUT2D eigenvalue weighted by Crippen LogP contribution is 2.09. The van der Waals surface area contributed by atoms with Crippen LogP contribution in [0, 0.1) is 0 Å². The second-order valence-corrected chi connectivity index (χ2v) is 3.28. The lowest BCUT2D eigenvalue weighted by atomic mass is 9.56. The van der Waals surface area contributed by atoms with E-state index in [2.05, 4.69) is 0 Å². The average Bonchev–Trinajstić information content (AvgIpc) is 1.25. The molecular weight excluding hydrogens is 99.7 g/mol. The van der Waals surface area contributed by atoms with Crippen LogP contribution in [0.1, 0.15) is 13.8 Å². The Kier molecular flexibility index (Phi) is 1.79. The molecule has 0 saturated heterocycles. The molecule has 0 aliphatic heterocycles. The van der Waals surface area contributed by atoms with Crippen LogP contribution in [0.4, 0.5) is 0 Å². The third-order valence-corrected chi connectivity index (χ3v) is 1.58. The van der Waals surface area contributed by atoms with Crippen molar-refractivity contribution in [3.05, 3.63) is 0 Å². The van der Waals surface area contributed by atoms with Gasteiger partial charge < -0.3 is 10.8 Å². The molecule has 46 valence electrons. The molecule has 0 aromatic heterocycles. The highest BCUT2D eigenvalue weighted by molar-refractivity contribution is 6.39. The third-order valence-electron chi connectivity index (χ3n) is 1.58. The number of hydrogen-bond acceptors (Lipinski definition) is 2. The van der Waals surface area contributed by atoms with Gasteiger partial charge in [0.25, 0.3) is 0 Å². The summed E-state index contributed by atoms with van der Waals surface area (Å²) in [6, 6.07) is 0. The summed E-state index contributed by atoms with van der Waals surface area (Å²) in [7, 11) is 3.40. The molecule has 0 aliphatic carbocycles. The summed E-state index contributed by atoms with van der Waals surface area (Å²) in [5.74, 6) is 0. The Bertz CT molecular complexity index is 69.0. The molecule has 0 aromatic carbocycles. The van der Waals surface area contributed by atoms with Crippen LogP contribution in [0.3, 0.4) is 0 Å². The molecule has 0 spiro atoms. The Morgan fingerprint density at radius 3 is 1.50 bits per heavy atom. The second kappa shape index (κ2) is 1.78. The highest BCUT2D eigenvalue weighted by atomic mass is 16.3. The number of rotatable bonds is 1. The van der Waals surface area contributed by atoms with Crippen molar-refractivity contribution in [2.24, 2.45) is 5.73 Å². The number of aliphatic hydroxyl groups is 1. The van der Waals surface area contributed by atoms with Gasteiger partial charge in [0.2, 0.25) is 0 Å². The van der Waals surface area contributed by atoms with Crippen molar-refractivity contribution in [2.75, 3.05) is 0 Å². The summed E-state index contributed by atoms with van der Waals surface area (Å²) in [4.78, 5) is 0. The Morgan fingerprint density at radius 1 is 1.38 bits per heavy atom. The van der Waals surface area contributed by atoms with Crippen LogP contribution in [0.5, 0.6) is 0 Å². The maximum atomic E-state index is 9.23. The Labute approximate surface area is 52.3 Å². The minimum atomic E-state index is -0.785. The first-order chi connectivity index (χ1) is 3.25. The Hall–Kier alpha value is 0.0499. The van der Waals surface area contributed by atoms with Crippen molar-refractivity contribution >= 4 is 15.7 Å². The maximum Gasteiger partial charge on any atom is 0.134 e. The molecule has 0 radical (unpaired) electrons. The first-order valence-corrected chi connectivity index (χ1v) is 2.76. The largest absolute Gasteiger partial charge is 0.406 e. The van der Waals surface area contributed by atoms with E-state index in [1.165, 1.54) is 0 Å². The van der Waals surface area contributed by atoms with Gasteiger partial charge in [-0.2, -0.15) is 0 Å². The fraction of sp³-hybridized carbons (Fsp3) is 1.00. The third kappa shape index (κ3) is 1.88. The van der Waals surface area contributed by atoms with E-state index in [0.29, 0.717) is 0 Å². The van der Waals surface area contributed by atoms with E-state index >= 15 is 0 Å². The van der Waals surface area contributed by atoms with Crippen LogP contribution in [-0.4, -0.2) is 31.7 Å². The van der Waals surface area contributed by atoms with Crippen molar-refractivity contribution < 1.29 is 5.11 Å². The van der Waals surface area contributed by atoms with Gasteiger partial charge in [0.15, 0.2) is 0 Å². The van der Waals surface area contributed by atoms with Crippen LogP contribution in [0.2, 0.25) is 0 Å². The van der Waals surface area contributed by atoms with Crippen molar-refractivity contribution in [2.45, 2.75) is 24.8 Å². The summed E-state index contributed by atoms with van der Waals surface area (Å²) >= 11 is 0. The van der Waals surface area contributed by atoms with E-state index in [1.807, 2.05) is 0 Å². The molecule has 8 heavy (non-hydrogen) atoms. The van der Waals surface area contributed by atoms with Gasteiger partial charge in [-0.1, -0.05) is 0 Å². The molecule has 0 bridgehead atoms. The molecule has 0 aromatic rings. The van der Waals surface area contributed by atoms with Gasteiger partial charge in [0, 0.05) is 10.9 Å². The predicted octanol–water partition coefficient (Wildman–Crippen LogP) is -2.36. The molecule has 0 rings (SSSR count). The molecule has 0 amide bonds. The lowest BCUT2D eigenvalue weighted by Gasteiger charge is -2.33. The quantitative estimate of drug-likeness (QED) is 0.373. The zero-order chi connectivity index (χ0) is 7.00. The van der Waals surface area contributed by atoms with Crippen LogP contribution < -0.4 is 5.73 Å². The molecule has 0 saturated carbocycles. The van der Waals surface area contributed by atoms with E-state index in [9.17, 15) is 5.11 Å². The van der Waals surface area contributed by atoms with E-state index < -0.39 is 10.9 Å². The zero-order valence-electron chi connectivity index (χ0n) is 6.02. The van der Waals surface area contributed by atoms with Crippen molar-refractivity contribution in [1.29, 1.82) is 0 Å². The van der Waals surface area contributed by atoms with Gasteiger partial charge in [-0.3, -0.25) is 0 Å². The van der Waals surface area contributed by atoms with Gasteiger partial charge in [-0.25, -0.2) is 0 Å². The fourth-order valence-corrected chi connectivity index (χ4v) is 0. The van der Waals surface area contributed by atoms with Crippen LogP contribution in [0.25, 0.3) is 0 Å². The smallest absolute Gasteiger partial charge is 0.134 e. The summed E-state index contributed by atoms with van der Waals surface area (Å²) in [5, 5.41) is 8.44. The van der Waals surface area contributed by atoms with Gasteiger partial charge >= 0.3 is 0 Å². The molecule has 0 heterocycles. The Balaban J connectivity index is 4.02. The first-order valence-electron chi connectivity index (χ1n) is 2.76. The van der Waals surface area contributed by atoms with Crippen LogP contribution >= 0.6 is 0 Å². The molecule has 0 atom stereocenters. The highest BCUT2D eigenvalue weighted by Gasteiger charge is 2.29. The van der Waals surface area contributed by atoms with Gasteiger partial charge in [-0.05, 0) is 13.8 Å². The maximum absolute atomic E-state index is 9.23. The van der Waals surface area contributed by atoms with Gasteiger partial charge in [-0.15, -0.1) is 0 Å². The lowest BCUT2D eigenvalue weighted by molar-refractivity contribution is 0.138. The molecule has 2 nitrogen and oxygen atoms in total. The lowest BCUT2D eigenvalue weighted by Crippen LogP contribution is -2.57. The standard InChI is InChI=1S/C4H13B2NO/c1-3(2,7)4(5,6)8/h8H,5-7H2,1-2H3. The summed E-state index contributed by atoms with van der Waals surface area (Å²) in [6.07, 6.45) is 0. The van der Waals surface area contributed by atoms with Crippen LogP contribution in [0.15, 0.2) is 0 Å². The van der Waals surface area contributed by atoms with Crippen molar-refractivity contribution in [3.8, 4) is 0 Å². The molecule has 0 unspecified atom stereocenters. The van der Waals surface area contributed by atoms with E-state index in [1.54, 1.807) is 29.5 Å². The average molecular weight is 113 g/mol. The topological polar surface area (TPSA) is 46.2 Å². The minimum Gasteiger partial charge on any atom is -0.406 e. The number of hydrogen-bond donors (Lipinski definition) is 2. The Morgan fingerprint density at radius 2 is 1.50 bits per heavy atom. The monoisotopic (exact) mass is 113 g/mol. The van der Waals surface area contributed by atoms with E-state index in [4.69, 9.17) is 5.73 Å². The van der Waals surface area contributed by atoms with Gasteiger partial charge in [0.1, 0.15) is 15.7 Å². The first kappa shape index (κ1) is 8.05. The minimum absolute atomic E-state index is 0.507. The second-order valence-electron chi connectivity index (χ2n) is 3.28. The summed E-state index contributed by atoms with van der Waals surface area (Å²) in [6.45, 7) is 3.60.